The summed E-state index contributed by atoms with van der Waals surface area (Å²) in [5, 5.41) is 3.48. The first-order valence-electron chi connectivity index (χ1n) is 8.87. The van der Waals surface area contributed by atoms with Gasteiger partial charge in [-0.1, -0.05) is 11.6 Å². The summed E-state index contributed by atoms with van der Waals surface area (Å²) >= 11 is 6.08. The molecule has 0 unspecified atom stereocenters. The second-order valence-corrected chi connectivity index (χ2v) is 7.96. The number of ether oxygens (including phenoxy) is 1. The van der Waals surface area contributed by atoms with Crippen molar-refractivity contribution in [2.75, 3.05) is 32.6 Å². The zero-order valence-electron chi connectivity index (χ0n) is 15.2. The number of rotatable bonds is 4. The molecule has 0 spiro atoms. The van der Waals surface area contributed by atoms with Crippen LogP contribution in [0.2, 0.25) is 5.02 Å². The third-order valence-corrected chi connectivity index (χ3v) is 6.15. The minimum Gasteiger partial charge on any atom is -0.465 e. The highest BCUT2D eigenvalue weighted by atomic mass is 35.5. The highest BCUT2D eigenvalue weighted by Crippen LogP contribution is 2.48. The summed E-state index contributed by atoms with van der Waals surface area (Å²) in [7, 11) is 3.52. The number of piperidine rings is 1. The number of nitrogens with zero attached hydrogens (tertiary/aromatic N) is 1. The van der Waals surface area contributed by atoms with Gasteiger partial charge in [0.2, 0.25) is 0 Å². The van der Waals surface area contributed by atoms with E-state index < -0.39 is 5.97 Å². The van der Waals surface area contributed by atoms with Gasteiger partial charge in [0.1, 0.15) is 0 Å². The number of anilines is 1. The topological polar surface area (TPSA) is 55.4 Å². The fourth-order valence-electron chi connectivity index (χ4n) is 4.18. The summed E-state index contributed by atoms with van der Waals surface area (Å²) in [5.41, 5.74) is 1.22. The average Bonchev–Trinajstić information content (AvgIpc) is 3.39. The third kappa shape index (κ3) is 3.15. The van der Waals surface area contributed by atoms with Crippen LogP contribution < -0.4 is 5.32 Å². The van der Waals surface area contributed by atoms with Crippen LogP contribution in [0.15, 0.2) is 12.1 Å². The Kier molecular flexibility index (Phi) is 4.82. The van der Waals surface area contributed by atoms with Crippen molar-refractivity contribution in [3.8, 4) is 0 Å². The number of carbonyl (C=O) groups excluding carboxylic acids is 2. The maximum absolute atomic E-state index is 13.2. The first-order valence-corrected chi connectivity index (χ1v) is 9.25. The summed E-state index contributed by atoms with van der Waals surface area (Å²) in [6, 6.07) is 3.30. The van der Waals surface area contributed by atoms with Crippen LogP contribution in [-0.4, -0.2) is 49.1 Å². The van der Waals surface area contributed by atoms with E-state index in [9.17, 15) is 9.59 Å². The van der Waals surface area contributed by atoms with E-state index in [2.05, 4.69) is 12.4 Å². The van der Waals surface area contributed by atoms with Crippen molar-refractivity contribution in [2.45, 2.75) is 44.6 Å². The molecule has 0 radical (unpaired) electrons. The molecule has 1 heterocycles. The van der Waals surface area contributed by atoms with E-state index in [1.165, 1.54) is 26.4 Å². The van der Waals surface area contributed by atoms with E-state index in [0.717, 1.165) is 36.0 Å². The molecule has 1 aromatic rings. The van der Waals surface area contributed by atoms with Crippen molar-refractivity contribution in [1.82, 2.24) is 0 Å². The van der Waals surface area contributed by atoms with E-state index in [1.54, 1.807) is 12.1 Å². The lowest BCUT2D eigenvalue weighted by Gasteiger charge is -2.44. The number of nitrogens with one attached hydrogen (secondary N) is 1. The predicted octanol–water partition coefficient (Wildman–Crippen LogP) is 3.54. The van der Waals surface area contributed by atoms with Crippen LogP contribution in [-0.2, 0) is 9.53 Å². The molecular formula is C19H26ClN2O3+. The van der Waals surface area contributed by atoms with Crippen LogP contribution in [0.1, 0.15) is 48.0 Å². The zero-order valence-corrected chi connectivity index (χ0v) is 15.9. The summed E-state index contributed by atoms with van der Waals surface area (Å²) in [6.45, 7) is 3.92. The molecule has 0 atom stereocenters. The number of esters is 1. The molecule has 2 aliphatic rings. The fourth-order valence-corrected chi connectivity index (χ4v) is 4.45. The van der Waals surface area contributed by atoms with Gasteiger partial charge in [0, 0.05) is 17.9 Å². The summed E-state index contributed by atoms with van der Waals surface area (Å²) < 4.78 is 5.66. The normalized spacial score (nSPS) is 20.6. The van der Waals surface area contributed by atoms with Crippen molar-refractivity contribution in [2.24, 2.45) is 0 Å². The van der Waals surface area contributed by atoms with Crippen LogP contribution in [0.3, 0.4) is 0 Å². The standard InChI is InChI=1S/C19H25ClN2O3/c1-13-11-14(20)12-15(17(23)25-3)16(13)21-18(24)19(7-8-19)22(2)9-5-4-6-10-22/h11-12H,4-10H2,1-3H3/p+1. The molecule has 1 N–H and O–H groups in total. The first-order chi connectivity index (χ1) is 11.8. The third-order valence-electron chi connectivity index (χ3n) is 5.93. The van der Waals surface area contributed by atoms with Gasteiger partial charge in [-0.3, -0.25) is 4.79 Å². The van der Waals surface area contributed by atoms with Crippen LogP contribution >= 0.6 is 11.6 Å². The molecule has 1 aromatic carbocycles. The van der Waals surface area contributed by atoms with Crippen molar-refractivity contribution in [3.05, 3.63) is 28.3 Å². The molecular weight excluding hydrogens is 340 g/mol. The Bertz CT molecular complexity index is 707. The molecule has 0 bridgehead atoms. The van der Waals surface area contributed by atoms with Gasteiger partial charge in [0.25, 0.3) is 5.91 Å². The Hall–Kier alpha value is -1.59. The molecule has 1 saturated carbocycles. The maximum Gasteiger partial charge on any atom is 0.340 e. The largest absolute Gasteiger partial charge is 0.465 e. The van der Waals surface area contributed by atoms with E-state index in [4.69, 9.17) is 16.3 Å². The number of likely N-dealkylation sites (tertiary alicyclic amines) is 1. The molecule has 5 nitrogen and oxygen atoms in total. The molecule has 3 rings (SSSR count). The summed E-state index contributed by atoms with van der Waals surface area (Å²) in [6.07, 6.45) is 5.37. The maximum atomic E-state index is 13.2. The highest BCUT2D eigenvalue weighted by molar-refractivity contribution is 6.31. The highest BCUT2D eigenvalue weighted by Gasteiger charge is 2.64. The van der Waals surface area contributed by atoms with E-state index in [1.807, 2.05) is 6.92 Å². The molecule has 2 fully saturated rings. The Balaban J connectivity index is 1.90. The quantitative estimate of drug-likeness (QED) is 0.656. The average molecular weight is 366 g/mol. The van der Waals surface area contributed by atoms with Gasteiger partial charge in [-0.25, -0.2) is 4.79 Å². The lowest BCUT2D eigenvalue weighted by Crippen LogP contribution is -2.61. The van der Waals surface area contributed by atoms with Crippen LogP contribution in [0.25, 0.3) is 0 Å². The summed E-state index contributed by atoms with van der Waals surface area (Å²) in [5.74, 6) is -0.489. The zero-order chi connectivity index (χ0) is 18.2. The van der Waals surface area contributed by atoms with Crippen molar-refractivity contribution < 1.29 is 18.8 Å². The minimum atomic E-state index is -0.496. The molecule has 136 valence electrons. The second-order valence-electron chi connectivity index (χ2n) is 7.53. The Morgan fingerprint density at radius 2 is 1.84 bits per heavy atom. The lowest BCUT2D eigenvalue weighted by atomic mass is 10.0. The number of halogens is 1. The SMILES string of the molecule is COC(=O)c1cc(Cl)cc(C)c1NC(=O)C1([N+]2(C)CCCCC2)CC1. The second kappa shape index (κ2) is 6.61. The van der Waals surface area contributed by atoms with Gasteiger partial charge in [-0.2, -0.15) is 0 Å². The van der Waals surface area contributed by atoms with E-state index >= 15 is 0 Å². The van der Waals surface area contributed by atoms with E-state index in [-0.39, 0.29) is 11.4 Å². The van der Waals surface area contributed by atoms with E-state index in [0.29, 0.717) is 16.3 Å². The number of hydrogen-bond acceptors (Lipinski definition) is 3. The first kappa shape index (κ1) is 18.2. The van der Waals surface area contributed by atoms with Crippen LogP contribution in [0.4, 0.5) is 5.69 Å². The van der Waals surface area contributed by atoms with Gasteiger partial charge >= 0.3 is 5.97 Å². The molecule has 1 amide bonds. The number of quaternary nitrogens is 1. The Morgan fingerprint density at radius 3 is 2.40 bits per heavy atom. The fraction of sp³-hybridized carbons (Fsp3) is 0.579. The molecule has 1 saturated heterocycles. The van der Waals surface area contributed by atoms with Gasteiger partial charge in [0.05, 0.1) is 38.5 Å². The van der Waals surface area contributed by atoms with Gasteiger partial charge in [-0.15, -0.1) is 0 Å². The smallest absolute Gasteiger partial charge is 0.340 e. The minimum absolute atomic E-state index is 0.00692. The number of amides is 1. The number of benzene rings is 1. The van der Waals surface area contributed by atoms with Crippen LogP contribution in [0, 0.1) is 6.92 Å². The van der Waals surface area contributed by atoms with Crippen molar-refractivity contribution in [1.29, 1.82) is 0 Å². The number of hydrogen-bond donors (Lipinski definition) is 1. The number of aryl methyl sites for hydroxylation is 1. The van der Waals surface area contributed by atoms with Gasteiger partial charge in [0.15, 0.2) is 5.54 Å². The molecule has 6 heteroatoms. The molecule has 0 aromatic heterocycles. The molecule has 1 aliphatic carbocycles. The van der Waals surface area contributed by atoms with Crippen LogP contribution in [0.5, 0.6) is 0 Å². The van der Waals surface area contributed by atoms with Gasteiger partial charge < -0.3 is 14.5 Å². The van der Waals surface area contributed by atoms with Crippen molar-refractivity contribution >= 4 is 29.2 Å². The molecule has 25 heavy (non-hydrogen) atoms. The predicted molar refractivity (Wildman–Crippen MR) is 97.9 cm³/mol. The number of likely N-dealkylation sites (N-methyl/N-ethyl adjacent to an activating group) is 1. The van der Waals surface area contributed by atoms with Gasteiger partial charge in [-0.05, 0) is 43.9 Å². The Morgan fingerprint density at radius 1 is 1.20 bits per heavy atom. The number of methoxy groups -OCH3 is 1. The lowest BCUT2D eigenvalue weighted by molar-refractivity contribution is -0.938. The monoisotopic (exact) mass is 365 g/mol. The van der Waals surface area contributed by atoms with Crippen molar-refractivity contribution in [3.63, 3.8) is 0 Å². The number of carbonyl (C=O) groups is 2. The summed E-state index contributed by atoms with van der Waals surface area (Å²) in [4.78, 5) is 25.3. The molecule has 1 aliphatic heterocycles. The Labute approximate surface area is 153 Å².